The van der Waals surface area contributed by atoms with Crippen molar-refractivity contribution in [1.82, 2.24) is 10.3 Å². The van der Waals surface area contributed by atoms with Gasteiger partial charge in [-0.25, -0.2) is 0 Å². The van der Waals surface area contributed by atoms with Crippen LogP contribution in [0, 0.1) is 17.0 Å². The molecule has 100 valence electrons. The fourth-order valence-corrected chi connectivity index (χ4v) is 2.25. The number of nitro groups is 1. The van der Waals surface area contributed by atoms with Crippen molar-refractivity contribution < 1.29 is 4.92 Å². The molecule has 0 spiro atoms. The van der Waals surface area contributed by atoms with Crippen LogP contribution >= 0.6 is 0 Å². The predicted octanol–water partition coefficient (Wildman–Crippen LogP) is 2.79. The highest BCUT2D eigenvalue weighted by molar-refractivity contribution is 5.38. The topological polar surface area (TPSA) is 68.1 Å². The SMILES string of the molecule is CCNC(C)C(CC)c1cc(C)c([N+](=O)[O-])cn1. The first-order chi connectivity index (χ1) is 8.51. The maximum Gasteiger partial charge on any atom is 0.290 e. The fraction of sp³-hybridized carbons (Fsp3) is 0.615. The van der Waals surface area contributed by atoms with Gasteiger partial charge in [-0.1, -0.05) is 13.8 Å². The summed E-state index contributed by atoms with van der Waals surface area (Å²) >= 11 is 0. The van der Waals surface area contributed by atoms with Gasteiger partial charge >= 0.3 is 0 Å². The molecular weight excluding hydrogens is 230 g/mol. The van der Waals surface area contributed by atoms with Crippen LogP contribution in [0.3, 0.4) is 0 Å². The first kappa shape index (κ1) is 14.6. The smallest absolute Gasteiger partial charge is 0.290 e. The Labute approximate surface area is 108 Å². The summed E-state index contributed by atoms with van der Waals surface area (Å²) in [5, 5.41) is 14.1. The fourth-order valence-electron chi connectivity index (χ4n) is 2.25. The van der Waals surface area contributed by atoms with Gasteiger partial charge in [0.2, 0.25) is 0 Å². The number of aromatic nitrogens is 1. The van der Waals surface area contributed by atoms with Gasteiger partial charge in [-0.15, -0.1) is 0 Å². The van der Waals surface area contributed by atoms with E-state index in [0.29, 0.717) is 11.6 Å². The molecule has 5 nitrogen and oxygen atoms in total. The van der Waals surface area contributed by atoms with E-state index in [-0.39, 0.29) is 16.5 Å². The lowest BCUT2D eigenvalue weighted by atomic mass is 9.93. The molecule has 2 unspecified atom stereocenters. The minimum atomic E-state index is -0.388. The Balaban J connectivity index is 3.01. The molecule has 0 aliphatic heterocycles. The number of pyridine rings is 1. The molecule has 18 heavy (non-hydrogen) atoms. The molecule has 0 amide bonds. The Bertz CT molecular complexity index is 421. The third-order valence-electron chi connectivity index (χ3n) is 3.25. The zero-order chi connectivity index (χ0) is 13.7. The van der Waals surface area contributed by atoms with Crippen LogP contribution in [0.1, 0.15) is 44.4 Å². The van der Waals surface area contributed by atoms with Gasteiger partial charge in [0.25, 0.3) is 5.69 Å². The second kappa shape index (κ2) is 6.44. The summed E-state index contributed by atoms with van der Waals surface area (Å²) in [6.07, 6.45) is 2.32. The second-order valence-corrected chi connectivity index (χ2v) is 4.51. The number of nitrogens with one attached hydrogen (secondary N) is 1. The molecule has 0 bridgehead atoms. The average Bonchev–Trinajstić information content (AvgIpc) is 2.29. The van der Waals surface area contributed by atoms with Gasteiger partial charge in [-0.2, -0.15) is 0 Å². The van der Waals surface area contributed by atoms with E-state index < -0.39 is 0 Å². The van der Waals surface area contributed by atoms with Crippen molar-refractivity contribution in [3.05, 3.63) is 33.6 Å². The first-order valence-corrected chi connectivity index (χ1v) is 6.35. The largest absolute Gasteiger partial charge is 0.314 e. The van der Waals surface area contributed by atoms with E-state index in [1.165, 1.54) is 6.20 Å². The molecule has 1 aromatic heterocycles. The summed E-state index contributed by atoms with van der Waals surface area (Å²) in [7, 11) is 0. The zero-order valence-corrected chi connectivity index (χ0v) is 11.4. The Morgan fingerprint density at radius 2 is 2.17 bits per heavy atom. The predicted molar refractivity (Wildman–Crippen MR) is 71.8 cm³/mol. The van der Waals surface area contributed by atoms with Crippen LogP contribution < -0.4 is 5.32 Å². The third kappa shape index (κ3) is 3.26. The van der Waals surface area contributed by atoms with Gasteiger partial charge in [0, 0.05) is 23.2 Å². The Morgan fingerprint density at radius 1 is 1.50 bits per heavy atom. The van der Waals surface area contributed by atoms with Crippen LogP contribution in [0.15, 0.2) is 12.3 Å². The number of hydrogen-bond acceptors (Lipinski definition) is 4. The number of hydrogen-bond donors (Lipinski definition) is 1. The molecule has 0 saturated heterocycles. The average molecular weight is 251 g/mol. The molecule has 1 N–H and O–H groups in total. The number of rotatable bonds is 6. The molecule has 0 fully saturated rings. The van der Waals surface area contributed by atoms with Crippen molar-refractivity contribution in [2.75, 3.05) is 6.54 Å². The third-order valence-corrected chi connectivity index (χ3v) is 3.25. The molecule has 1 heterocycles. The molecular formula is C13H21N3O2. The molecule has 0 saturated carbocycles. The van der Waals surface area contributed by atoms with Crippen LogP contribution in [0.5, 0.6) is 0 Å². The highest BCUT2D eigenvalue weighted by atomic mass is 16.6. The van der Waals surface area contributed by atoms with E-state index in [1.54, 1.807) is 6.92 Å². The monoisotopic (exact) mass is 251 g/mol. The highest BCUT2D eigenvalue weighted by Crippen LogP contribution is 2.25. The Morgan fingerprint density at radius 3 is 2.61 bits per heavy atom. The van der Waals surface area contributed by atoms with Crippen LogP contribution in [-0.2, 0) is 0 Å². The van der Waals surface area contributed by atoms with Crippen LogP contribution in [0.2, 0.25) is 0 Å². The lowest BCUT2D eigenvalue weighted by Crippen LogP contribution is -2.32. The molecule has 0 aliphatic carbocycles. The van der Waals surface area contributed by atoms with Gasteiger partial charge < -0.3 is 5.32 Å². The van der Waals surface area contributed by atoms with Gasteiger partial charge in [-0.05, 0) is 32.9 Å². The summed E-state index contributed by atoms with van der Waals surface area (Å²) in [5.41, 5.74) is 1.69. The van der Waals surface area contributed by atoms with Crippen molar-refractivity contribution in [2.45, 2.75) is 46.1 Å². The van der Waals surface area contributed by atoms with E-state index >= 15 is 0 Å². The number of likely N-dealkylation sites (N-methyl/N-ethyl adjacent to an activating group) is 1. The molecule has 1 aromatic rings. The first-order valence-electron chi connectivity index (χ1n) is 6.35. The van der Waals surface area contributed by atoms with E-state index in [0.717, 1.165) is 18.7 Å². The summed E-state index contributed by atoms with van der Waals surface area (Å²) in [4.78, 5) is 14.6. The van der Waals surface area contributed by atoms with Crippen molar-refractivity contribution in [3.8, 4) is 0 Å². The van der Waals surface area contributed by atoms with Crippen molar-refractivity contribution in [2.24, 2.45) is 0 Å². The van der Waals surface area contributed by atoms with Gasteiger partial charge in [-0.3, -0.25) is 15.1 Å². The highest BCUT2D eigenvalue weighted by Gasteiger charge is 2.20. The molecule has 5 heteroatoms. The van der Waals surface area contributed by atoms with E-state index in [4.69, 9.17) is 0 Å². The normalized spacial score (nSPS) is 14.2. The van der Waals surface area contributed by atoms with Gasteiger partial charge in [0.05, 0.1) is 4.92 Å². The number of nitrogens with zero attached hydrogens (tertiary/aromatic N) is 2. The van der Waals surface area contributed by atoms with Crippen molar-refractivity contribution >= 4 is 5.69 Å². The van der Waals surface area contributed by atoms with Crippen LogP contribution in [0.25, 0.3) is 0 Å². The minimum absolute atomic E-state index is 0.0877. The van der Waals surface area contributed by atoms with E-state index in [2.05, 4.69) is 31.1 Å². The second-order valence-electron chi connectivity index (χ2n) is 4.51. The summed E-state index contributed by atoms with van der Waals surface area (Å²) in [5.74, 6) is 0.282. The zero-order valence-electron chi connectivity index (χ0n) is 11.4. The lowest BCUT2D eigenvalue weighted by molar-refractivity contribution is -0.385. The summed E-state index contributed by atoms with van der Waals surface area (Å²) in [6.45, 7) is 8.96. The minimum Gasteiger partial charge on any atom is -0.314 e. The summed E-state index contributed by atoms with van der Waals surface area (Å²) in [6, 6.07) is 2.15. The maximum atomic E-state index is 10.8. The molecule has 1 rings (SSSR count). The molecule has 0 aromatic carbocycles. The summed E-state index contributed by atoms with van der Waals surface area (Å²) < 4.78 is 0. The Kier molecular flexibility index (Phi) is 5.22. The standard InChI is InChI=1S/C13H21N3O2/c1-5-11(10(4)14-6-2)12-7-9(3)13(8-15-12)16(17)18/h7-8,10-11,14H,5-6H2,1-4H3. The van der Waals surface area contributed by atoms with E-state index in [1.807, 2.05) is 6.07 Å². The maximum absolute atomic E-state index is 10.8. The van der Waals surface area contributed by atoms with Crippen LogP contribution in [0.4, 0.5) is 5.69 Å². The Hall–Kier alpha value is -1.49. The van der Waals surface area contributed by atoms with E-state index in [9.17, 15) is 10.1 Å². The quantitative estimate of drug-likeness (QED) is 0.623. The lowest BCUT2D eigenvalue weighted by Gasteiger charge is -2.23. The molecule has 0 aliphatic rings. The van der Waals surface area contributed by atoms with Crippen molar-refractivity contribution in [3.63, 3.8) is 0 Å². The molecule has 2 atom stereocenters. The molecule has 0 radical (unpaired) electrons. The number of aryl methyl sites for hydroxylation is 1. The van der Waals surface area contributed by atoms with Gasteiger partial charge in [0.1, 0.15) is 6.20 Å². The van der Waals surface area contributed by atoms with Crippen LogP contribution in [-0.4, -0.2) is 22.5 Å². The van der Waals surface area contributed by atoms with Gasteiger partial charge in [0.15, 0.2) is 0 Å². The van der Waals surface area contributed by atoms with Crippen molar-refractivity contribution in [1.29, 1.82) is 0 Å².